The molecule has 0 N–H and O–H groups in total. The first-order chi connectivity index (χ1) is 26.9. The zero-order valence-electron chi connectivity index (χ0n) is 30.8. The van der Waals surface area contributed by atoms with E-state index in [0.29, 0.717) is 50.4 Å². The largest absolute Gasteiger partial charge is 0.456 e. The van der Waals surface area contributed by atoms with E-state index in [1.54, 1.807) is 12.1 Å². The van der Waals surface area contributed by atoms with Gasteiger partial charge in [-0.3, -0.25) is 0 Å². The molecule has 0 spiro atoms. The zero-order chi connectivity index (χ0) is 36.9. The molecule has 4 heterocycles. The summed E-state index contributed by atoms with van der Waals surface area (Å²) in [6.07, 6.45) is 0. The maximum atomic E-state index is 8.84. The van der Waals surface area contributed by atoms with Crippen LogP contribution < -0.4 is 0 Å². The lowest BCUT2D eigenvalue weighted by Crippen LogP contribution is -2.00. The predicted molar refractivity (Wildman–Crippen MR) is 205 cm³/mol. The van der Waals surface area contributed by atoms with Gasteiger partial charge in [0.1, 0.15) is 22.3 Å². The average Bonchev–Trinajstić information content (AvgIpc) is 3.87. The van der Waals surface area contributed by atoms with Crippen molar-refractivity contribution in [2.45, 2.75) is 0 Å². The van der Waals surface area contributed by atoms with Gasteiger partial charge in [0.25, 0.3) is 0 Å². The van der Waals surface area contributed by atoms with E-state index in [9.17, 15) is 0 Å². The lowest BCUT2D eigenvalue weighted by atomic mass is 10.1. The van der Waals surface area contributed by atoms with Gasteiger partial charge < -0.3 is 13.4 Å². The standard InChI is InChI=1S/C45H26N4O2/c1-2-11-27(12-3-1)43-46-44(48-45(47-43)34-16-10-20-40-42(34)33-15-6-9-19-38(33)50-40)28-21-23-32-35-26-29(22-24-39(35)51-41(32)25-28)49-36-17-7-4-13-30(36)31-14-5-8-18-37(31)49/h1-26H/i4D,5D,17D,18D. The Hall–Kier alpha value is -7.05. The summed E-state index contributed by atoms with van der Waals surface area (Å²) in [5, 5.41) is 5.01. The fourth-order valence-electron chi connectivity index (χ4n) is 7.26. The lowest BCUT2D eigenvalue weighted by Gasteiger charge is -2.09. The van der Waals surface area contributed by atoms with Gasteiger partial charge in [0.2, 0.25) is 0 Å². The van der Waals surface area contributed by atoms with E-state index in [1.807, 2.05) is 114 Å². The zero-order valence-corrected chi connectivity index (χ0v) is 26.8. The van der Waals surface area contributed by atoms with Gasteiger partial charge in [-0.15, -0.1) is 0 Å². The van der Waals surface area contributed by atoms with Gasteiger partial charge in [-0.05, 0) is 54.5 Å². The first-order valence-corrected chi connectivity index (χ1v) is 16.6. The number of aromatic nitrogens is 4. The molecule has 0 amide bonds. The van der Waals surface area contributed by atoms with Crippen LogP contribution in [0, 0.1) is 0 Å². The van der Waals surface area contributed by atoms with Crippen molar-refractivity contribution >= 4 is 65.7 Å². The second-order valence-electron chi connectivity index (χ2n) is 12.5. The maximum absolute atomic E-state index is 8.84. The number of hydrogen-bond donors (Lipinski definition) is 0. The van der Waals surface area contributed by atoms with Crippen LogP contribution in [0.2, 0.25) is 0 Å². The Bertz CT molecular complexity index is 3320. The van der Waals surface area contributed by atoms with Gasteiger partial charge in [-0.1, -0.05) is 103 Å². The summed E-state index contributed by atoms with van der Waals surface area (Å²) in [5.41, 5.74) is 7.25. The Kier molecular flexibility index (Phi) is 5.08. The van der Waals surface area contributed by atoms with Crippen LogP contribution in [-0.4, -0.2) is 19.5 Å². The fraction of sp³-hybridized carbons (Fsp3) is 0. The highest BCUT2D eigenvalue weighted by atomic mass is 16.3. The molecule has 11 rings (SSSR count). The molecular formula is C45H26N4O2. The molecule has 6 heteroatoms. The molecule has 0 saturated heterocycles. The van der Waals surface area contributed by atoms with Gasteiger partial charge in [0.05, 0.1) is 16.5 Å². The lowest BCUT2D eigenvalue weighted by molar-refractivity contribution is 0.668. The van der Waals surface area contributed by atoms with Crippen LogP contribution in [-0.2, 0) is 0 Å². The molecule has 11 aromatic rings. The molecular weight excluding hydrogens is 629 g/mol. The molecule has 7 aromatic carbocycles. The molecule has 0 aliphatic rings. The number of para-hydroxylation sites is 3. The fourth-order valence-corrected chi connectivity index (χ4v) is 7.26. The highest BCUT2D eigenvalue weighted by molar-refractivity contribution is 6.12. The van der Waals surface area contributed by atoms with Gasteiger partial charge in [0, 0.05) is 54.7 Å². The van der Waals surface area contributed by atoms with Crippen molar-refractivity contribution in [1.82, 2.24) is 19.5 Å². The number of fused-ring (bicyclic) bond motifs is 9. The Balaban J connectivity index is 1.09. The summed E-state index contributed by atoms with van der Waals surface area (Å²) >= 11 is 0. The Morgan fingerprint density at radius 3 is 1.96 bits per heavy atom. The third kappa shape index (κ3) is 4.26. The van der Waals surface area contributed by atoms with E-state index < -0.39 is 0 Å². The van der Waals surface area contributed by atoms with Crippen molar-refractivity contribution in [3.63, 3.8) is 0 Å². The summed E-state index contributed by atoms with van der Waals surface area (Å²) in [7, 11) is 0. The van der Waals surface area contributed by atoms with Crippen LogP contribution in [0.3, 0.4) is 0 Å². The van der Waals surface area contributed by atoms with Gasteiger partial charge in [-0.2, -0.15) is 0 Å². The third-order valence-corrected chi connectivity index (χ3v) is 9.57. The topological polar surface area (TPSA) is 69.9 Å². The Morgan fingerprint density at radius 1 is 0.451 bits per heavy atom. The predicted octanol–water partition coefficient (Wildman–Crippen LogP) is 11.8. The molecule has 0 atom stereocenters. The first kappa shape index (κ1) is 24.1. The van der Waals surface area contributed by atoms with Crippen molar-refractivity contribution in [3.05, 3.63) is 158 Å². The van der Waals surface area contributed by atoms with Crippen molar-refractivity contribution in [3.8, 4) is 39.9 Å². The number of nitrogens with zero attached hydrogens (tertiary/aromatic N) is 4. The molecule has 0 aliphatic heterocycles. The summed E-state index contributed by atoms with van der Waals surface area (Å²) in [4.78, 5) is 15.0. The van der Waals surface area contributed by atoms with Crippen molar-refractivity contribution in [2.75, 3.05) is 0 Å². The number of benzene rings is 7. The van der Waals surface area contributed by atoms with E-state index in [1.165, 1.54) is 12.1 Å². The van der Waals surface area contributed by atoms with E-state index >= 15 is 0 Å². The average molecular weight is 659 g/mol. The van der Waals surface area contributed by atoms with Crippen molar-refractivity contribution < 1.29 is 14.3 Å². The van der Waals surface area contributed by atoms with E-state index in [-0.39, 0.29) is 24.2 Å². The molecule has 0 radical (unpaired) electrons. The van der Waals surface area contributed by atoms with Crippen molar-refractivity contribution in [1.29, 1.82) is 0 Å². The normalized spacial score (nSPS) is 13.0. The molecule has 4 aromatic heterocycles. The smallest absolute Gasteiger partial charge is 0.164 e. The minimum absolute atomic E-state index is 0.176. The molecule has 0 unspecified atom stereocenters. The molecule has 51 heavy (non-hydrogen) atoms. The minimum atomic E-state index is 0.176. The van der Waals surface area contributed by atoms with E-state index in [0.717, 1.165) is 55.1 Å². The molecule has 6 nitrogen and oxygen atoms in total. The van der Waals surface area contributed by atoms with Gasteiger partial charge in [-0.25, -0.2) is 15.0 Å². The second-order valence-corrected chi connectivity index (χ2v) is 12.5. The van der Waals surface area contributed by atoms with Crippen LogP contribution in [0.15, 0.2) is 166 Å². The van der Waals surface area contributed by atoms with Crippen LogP contribution in [0.1, 0.15) is 5.48 Å². The van der Waals surface area contributed by atoms with E-state index in [2.05, 4.69) is 0 Å². The molecule has 238 valence electrons. The second kappa shape index (κ2) is 10.7. The minimum Gasteiger partial charge on any atom is -0.456 e. The summed E-state index contributed by atoms with van der Waals surface area (Å²) in [6, 6.07) is 42.7. The Labute approximate surface area is 296 Å². The molecule has 0 saturated carbocycles. The highest BCUT2D eigenvalue weighted by Gasteiger charge is 2.19. The number of rotatable bonds is 4. The third-order valence-electron chi connectivity index (χ3n) is 9.57. The molecule has 0 bridgehead atoms. The van der Waals surface area contributed by atoms with Gasteiger partial charge in [0.15, 0.2) is 17.5 Å². The van der Waals surface area contributed by atoms with Crippen molar-refractivity contribution in [2.24, 2.45) is 0 Å². The van der Waals surface area contributed by atoms with Gasteiger partial charge >= 0.3 is 0 Å². The van der Waals surface area contributed by atoms with Crippen LogP contribution in [0.5, 0.6) is 0 Å². The van der Waals surface area contributed by atoms with Crippen LogP contribution in [0.4, 0.5) is 0 Å². The van der Waals surface area contributed by atoms with Crippen LogP contribution in [0.25, 0.3) is 106 Å². The summed E-state index contributed by atoms with van der Waals surface area (Å²) < 4.78 is 48.8. The molecule has 0 fully saturated rings. The Morgan fingerprint density at radius 2 is 1.14 bits per heavy atom. The maximum Gasteiger partial charge on any atom is 0.164 e. The monoisotopic (exact) mass is 658 g/mol. The highest BCUT2D eigenvalue weighted by Crippen LogP contribution is 2.39. The molecule has 0 aliphatic carbocycles. The van der Waals surface area contributed by atoms with E-state index in [4.69, 9.17) is 29.3 Å². The number of furan rings is 2. The summed E-state index contributed by atoms with van der Waals surface area (Å²) in [5.74, 6) is 1.57. The first-order valence-electron chi connectivity index (χ1n) is 18.6. The summed E-state index contributed by atoms with van der Waals surface area (Å²) in [6.45, 7) is 0. The number of hydrogen-bond acceptors (Lipinski definition) is 5. The SMILES string of the molecule is [2H]c1cc([2H])c2c(c1)c1cc([2H])cc([2H])c1n2-c1ccc2oc3cc(-c4nc(-c5ccccc5)nc(-c5cccc6oc7ccccc7c56)n4)ccc3c2c1. The van der Waals surface area contributed by atoms with Crippen LogP contribution >= 0.6 is 0 Å². The quantitative estimate of drug-likeness (QED) is 0.188.